The molecule has 0 radical (unpaired) electrons. The Bertz CT molecular complexity index is 965. The summed E-state index contributed by atoms with van der Waals surface area (Å²) in [7, 11) is 0. The lowest BCUT2D eigenvalue weighted by atomic mass is 10.1. The van der Waals surface area contributed by atoms with Gasteiger partial charge in [0, 0.05) is 30.5 Å². The molecule has 194 valence electrons. The van der Waals surface area contributed by atoms with Crippen molar-refractivity contribution >= 4 is 23.4 Å². The fourth-order valence-electron chi connectivity index (χ4n) is 3.67. The van der Waals surface area contributed by atoms with E-state index in [2.05, 4.69) is 32.0 Å². The van der Waals surface area contributed by atoms with Gasteiger partial charge in [-0.15, -0.1) is 0 Å². The fraction of sp³-hybridized carbons (Fsp3) is 0.542. The van der Waals surface area contributed by atoms with Gasteiger partial charge in [-0.25, -0.2) is 14.2 Å². The second kappa shape index (κ2) is 13.2. The number of aromatic nitrogens is 2. The minimum Gasteiger partial charge on any atom is -0.475 e. The molecule has 1 aromatic carbocycles. The minimum absolute atomic E-state index is 0.231. The Labute approximate surface area is 203 Å². The highest BCUT2D eigenvalue weighted by molar-refractivity contribution is 5.73. The Balaban J connectivity index is 0.000000540. The molecule has 0 bridgehead atoms. The van der Waals surface area contributed by atoms with Crippen molar-refractivity contribution < 1.29 is 27.5 Å². The second-order valence-electron chi connectivity index (χ2n) is 8.42. The van der Waals surface area contributed by atoms with E-state index >= 15 is 0 Å². The molecule has 0 unspecified atom stereocenters. The van der Waals surface area contributed by atoms with Gasteiger partial charge in [-0.05, 0) is 77.4 Å². The quantitative estimate of drug-likeness (QED) is 0.476. The van der Waals surface area contributed by atoms with Crippen LogP contribution in [0.2, 0.25) is 0 Å². The Kier molecular flexibility index (Phi) is 10.7. The highest BCUT2D eigenvalue weighted by Crippen LogP contribution is 2.21. The van der Waals surface area contributed by atoms with Crippen molar-refractivity contribution in [3.8, 4) is 0 Å². The van der Waals surface area contributed by atoms with Gasteiger partial charge in [0.25, 0.3) is 0 Å². The van der Waals surface area contributed by atoms with E-state index in [0.29, 0.717) is 17.2 Å². The predicted molar refractivity (Wildman–Crippen MR) is 128 cm³/mol. The third kappa shape index (κ3) is 9.67. The van der Waals surface area contributed by atoms with Crippen LogP contribution < -0.4 is 10.2 Å². The van der Waals surface area contributed by atoms with Crippen molar-refractivity contribution in [2.45, 2.75) is 52.6 Å². The number of hydrogen-bond acceptors (Lipinski definition) is 6. The first kappa shape index (κ1) is 28.3. The molecule has 2 aromatic rings. The molecule has 0 saturated carbocycles. The molecule has 0 atom stereocenters. The number of likely N-dealkylation sites (tertiary alicyclic amines) is 1. The van der Waals surface area contributed by atoms with Crippen LogP contribution in [0.5, 0.6) is 0 Å². The molecule has 3 rings (SSSR count). The summed E-state index contributed by atoms with van der Waals surface area (Å²) in [5.41, 5.74) is 2.18. The molecule has 1 aliphatic heterocycles. The largest absolute Gasteiger partial charge is 0.490 e. The van der Waals surface area contributed by atoms with E-state index in [1.807, 2.05) is 19.1 Å². The van der Waals surface area contributed by atoms with E-state index in [9.17, 15) is 17.6 Å². The molecule has 1 fully saturated rings. The molecular weight excluding hydrogens is 466 g/mol. The van der Waals surface area contributed by atoms with Gasteiger partial charge in [-0.2, -0.15) is 18.2 Å². The lowest BCUT2D eigenvalue weighted by Crippen LogP contribution is -2.33. The van der Waals surface area contributed by atoms with E-state index in [0.717, 1.165) is 37.6 Å². The van der Waals surface area contributed by atoms with Gasteiger partial charge in [0.05, 0.1) is 0 Å². The standard InChI is InChI=1S/C22H32FN5.C2HF3O2/c1-4-28(14-8-13-27-11-6-5-7-12-27)21-15-18(3)24-22(26-21)25-19-10-9-17(2)20(23)16-19;3-2(4,5)1(6)7/h9-10,15-16H,4-8,11-14H2,1-3H3,(H,24,25,26);(H,6,7). The van der Waals surface area contributed by atoms with Gasteiger partial charge in [0.2, 0.25) is 5.95 Å². The maximum atomic E-state index is 13.8. The van der Waals surface area contributed by atoms with Gasteiger partial charge in [-0.3, -0.25) is 0 Å². The van der Waals surface area contributed by atoms with E-state index in [-0.39, 0.29) is 5.82 Å². The van der Waals surface area contributed by atoms with Crippen molar-refractivity contribution in [3.63, 3.8) is 0 Å². The summed E-state index contributed by atoms with van der Waals surface area (Å²) < 4.78 is 45.6. The molecule has 2 heterocycles. The summed E-state index contributed by atoms with van der Waals surface area (Å²) in [4.78, 5) is 22.9. The number of carboxylic acids is 1. The topological polar surface area (TPSA) is 81.6 Å². The summed E-state index contributed by atoms with van der Waals surface area (Å²) in [6, 6.07) is 7.11. The molecule has 0 aliphatic carbocycles. The molecule has 2 N–H and O–H groups in total. The SMILES string of the molecule is CCN(CCCN1CCCCC1)c1cc(C)nc(Nc2ccc(C)c(F)c2)n1.O=C(O)C(F)(F)F. The van der Waals surface area contributed by atoms with Crippen LogP contribution in [0.15, 0.2) is 24.3 Å². The van der Waals surface area contributed by atoms with Gasteiger partial charge >= 0.3 is 12.1 Å². The number of anilines is 3. The maximum Gasteiger partial charge on any atom is 0.490 e. The summed E-state index contributed by atoms with van der Waals surface area (Å²) in [5, 5.41) is 10.3. The van der Waals surface area contributed by atoms with Crippen molar-refractivity contribution in [3.05, 3.63) is 41.3 Å². The van der Waals surface area contributed by atoms with Crippen LogP contribution in [0.1, 0.15) is 43.9 Å². The summed E-state index contributed by atoms with van der Waals surface area (Å²) in [5.74, 6) is -1.56. The zero-order valence-corrected chi connectivity index (χ0v) is 20.3. The Hall–Kier alpha value is -2.95. The molecule has 0 spiro atoms. The van der Waals surface area contributed by atoms with Gasteiger partial charge in [0.15, 0.2) is 0 Å². The molecule has 7 nitrogen and oxygen atoms in total. The molecule has 1 aromatic heterocycles. The molecule has 0 amide bonds. The van der Waals surface area contributed by atoms with Gasteiger partial charge < -0.3 is 20.2 Å². The predicted octanol–water partition coefficient (Wildman–Crippen LogP) is 5.31. The number of alkyl halides is 3. The Morgan fingerprint density at radius 3 is 2.37 bits per heavy atom. The van der Waals surface area contributed by atoms with Crippen molar-refractivity contribution in [2.24, 2.45) is 0 Å². The number of carboxylic acid groups (broad SMARTS) is 1. The lowest BCUT2D eigenvalue weighted by molar-refractivity contribution is -0.192. The van der Waals surface area contributed by atoms with Crippen LogP contribution in [0.3, 0.4) is 0 Å². The maximum absolute atomic E-state index is 13.8. The number of aryl methyl sites for hydroxylation is 2. The van der Waals surface area contributed by atoms with Crippen LogP contribution in [-0.2, 0) is 4.79 Å². The van der Waals surface area contributed by atoms with Crippen LogP contribution in [0.4, 0.5) is 35.0 Å². The number of piperidine rings is 1. The third-order valence-electron chi connectivity index (χ3n) is 5.57. The Morgan fingerprint density at radius 1 is 1.14 bits per heavy atom. The number of nitrogens with zero attached hydrogens (tertiary/aromatic N) is 4. The van der Waals surface area contributed by atoms with Crippen LogP contribution in [0.25, 0.3) is 0 Å². The number of halogens is 4. The first-order chi connectivity index (χ1) is 16.5. The van der Waals surface area contributed by atoms with E-state index in [4.69, 9.17) is 9.90 Å². The minimum atomic E-state index is -5.08. The normalized spacial score (nSPS) is 14.1. The number of nitrogens with one attached hydrogen (secondary N) is 1. The average molecular weight is 500 g/mol. The summed E-state index contributed by atoms with van der Waals surface area (Å²) >= 11 is 0. The third-order valence-corrected chi connectivity index (χ3v) is 5.57. The number of hydrogen-bond donors (Lipinski definition) is 2. The number of benzene rings is 1. The fourth-order valence-corrected chi connectivity index (χ4v) is 3.67. The van der Waals surface area contributed by atoms with Crippen LogP contribution >= 0.6 is 0 Å². The number of rotatable bonds is 8. The van der Waals surface area contributed by atoms with Crippen molar-refractivity contribution in [1.29, 1.82) is 0 Å². The second-order valence-corrected chi connectivity index (χ2v) is 8.42. The monoisotopic (exact) mass is 499 g/mol. The molecule has 1 saturated heterocycles. The zero-order valence-electron chi connectivity index (χ0n) is 20.3. The molecule has 35 heavy (non-hydrogen) atoms. The lowest BCUT2D eigenvalue weighted by Gasteiger charge is -2.28. The molecular formula is C24H33F4N5O2. The van der Waals surface area contributed by atoms with Crippen molar-refractivity contribution in [2.75, 3.05) is 42.9 Å². The first-order valence-corrected chi connectivity index (χ1v) is 11.7. The van der Waals surface area contributed by atoms with Gasteiger partial charge in [-0.1, -0.05) is 12.5 Å². The highest BCUT2D eigenvalue weighted by Gasteiger charge is 2.38. The van der Waals surface area contributed by atoms with Crippen LogP contribution in [0, 0.1) is 19.7 Å². The average Bonchev–Trinajstić information content (AvgIpc) is 2.79. The molecule has 11 heteroatoms. The van der Waals surface area contributed by atoms with Gasteiger partial charge in [0.1, 0.15) is 11.6 Å². The number of carbonyl (C=O) groups is 1. The summed E-state index contributed by atoms with van der Waals surface area (Å²) in [6.45, 7) is 11.4. The smallest absolute Gasteiger partial charge is 0.475 e. The van der Waals surface area contributed by atoms with E-state index < -0.39 is 12.1 Å². The van der Waals surface area contributed by atoms with E-state index in [1.54, 1.807) is 13.0 Å². The number of aliphatic carboxylic acids is 1. The van der Waals surface area contributed by atoms with Crippen LogP contribution in [-0.4, -0.2) is 64.8 Å². The first-order valence-electron chi connectivity index (χ1n) is 11.7. The Morgan fingerprint density at radius 2 is 1.80 bits per heavy atom. The van der Waals surface area contributed by atoms with E-state index in [1.165, 1.54) is 38.4 Å². The zero-order chi connectivity index (χ0) is 26.0. The highest BCUT2D eigenvalue weighted by atomic mass is 19.4. The summed E-state index contributed by atoms with van der Waals surface area (Å²) in [6.07, 6.45) is 0.0791. The van der Waals surface area contributed by atoms with Crippen molar-refractivity contribution in [1.82, 2.24) is 14.9 Å². The molecule has 1 aliphatic rings.